The number of nitrogens with zero attached hydrogens (tertiary/aromatic N) is 3. The zero-order chi connectivity index (χ0) is 22.3. The van der Waals surface area contributed by atoms with E-state index >= 15 is 0 Å². The van der Waals surface area contributed by atoms with E-state index in [1.165, 1.54) is 0 Å². The Morgan fingerprint density at radius 3 is 2.19 bits per heavy atom. The van der Waals surface area contributed by atoms with Gasteiger partial charge in [0, 0.05) is 44.4 Å². The molecule has 2 amide bonds. The van der Waals surface area contributed by atoms with Gasteiger partial charge in [-0.1, -0.05) is 60.1 Å². The molecule has 7 heteroatoms. The van der Waals surface area contributed by atoms with E-state index in [0.717, 1.165) is 11.4 Å². The molecule has 0 aliphatic carbocycles. The summed E-state index contributed by atoms with van der Waals surface area (Å²) in [5.74, 6) is 0.533. The first-order chi connectivity index (χ1) is 15.6. The van der Waals surface area contributed by atoms with Gasteiger partial charge in [0.15, 0.2) is 0 Å². The van der Waals surface area contributed by atoms with Crippen LogP contribution in [-0.4, -0.2) is 53.9 Å². The summed E-state index contributed by atoms with van der Waals surface area (Å²) >= 11 is 5.93. The van der Waals surface area contributed by atoms with Gasteiger partial charge in [0.1, 0.15) is 11.9 Å². The summed E-state index contributed by atoms with van der Waals surface area (Å²) in [6, 6.07) is 21.8. The molecule has 1 unspecified atom stereocenters. The number of hydrogen-bond acceptors (Lipinski definition) is 4. The highest BCUT2D eigenvalue weighted by molar-refractivity contribution is 6.30. The number of halogens is 1. The van der Waals surface area contributed by atoms with Crippen LogP contribution in [-0.2, 0) is 11.2 Å². The smallest absolute Gasteiger partial charge is 0.251 e. The quantitative estimate of drug-likeness (QED) is 0.627. The Hall–Kier alpha value is -3.38. The normalized spacial score (nSPS) is 14.7. The molecule has 164 valence electrons. The average molecular weight is 449 g/mol. The standard InChI is InChI=1S/C25H25ClN4O2/c26-21-11-12-23(27-18-21)29-13-15-30(16-14-29)25(32)22(17-19-7-3-1-4-8-19)28-24(31)20-9-5-2-6-10-20/h1-12,18,22H,13-17H2,(H,28,31). The Labute approximate surface area is 192 Å². The fraction of sp³-hybridized carbons (Fsp3) is 0.240. The molecule has 2 heterocycles. The molecule has 1 atom stereocenters. The van der Waals surface area contributed by atoms with Crippen LogP contribution >= 0.6 is 11.6 Å². The lowest BCUT2D eigenvalue weighted by atomic mass is 10.0. The highest BCUT2D eigenvalue weighted by Crippen LogP contribution is 2.17. The molecule has 1 N–H and O–H groups in total. The van der Waals surface area contributed by atoms with Crippen LogP contribution in [0.25, 0.3) is 0 Å². The van der Waals surface area contributed by atoms with E-state index in [-0.39, 0.29) is 11.8 Å². The fourth-order valence-corrected chi connectivity index (χ4v) is 3.92. The number of carbonyl (C=O) groups is 2. The molecule has 32 heavy (non-hydrogen) atoms. The predicted octanol–water partition coefficient (Wildman–Crippen LogP) is 3.42. The number of carbonyl (C=O) groups excluding carboxylic acids is 2. The second-order valence-electron chi connectivity index (χ2n) is 7.73. The average Bonchev–Trinajstić information content (AvgIpc) is 2.85. The van der Waals surface area contributed by atoms with Gasteiger partial charge in [-0.3, -0.25) is 9.59 Å². The summed E-state index contributed by atoms with van der Waals surface area (Å²) < 4.78 is 0. The number of anilines is 1. The van der Waals surface area contributed by atoms with Crippen molar-refractivity contribution >= 4 is 29.2 Å². The lowest BCUT2D eigenvalue weighted by Gasteiger charge is -2.37. The molecule has 0 bridgehead atoms. The van der Waals surface area contributed by atoms with Crippen molar-refractivity contribution in [3.05, 3.63) is 95.1 Å². The van der Waals surface area contributed by atoms with Crippen LogP contribution in [0.15, 0.2) is 79.0 Å². The van der Waals surface area contributed by atoms with Gasteiger partial charge in [-0.2, -0.15) is 0 Å². The molecule has 1 aliphatic rings. The van der Waals surface area contributed by atoms with Gasteiger partial charge in [-0.15, -0.1) is 0 Å². The third-order valence-corrected chi connectivity index (χ3v) is 5.77. The van der Waals surface area contributed by atoms with Crippen LogP contribution in [0.3, 0.4) is 0 Å². The minimum Gasteiger partial charge on any atom is -0.353 e. The minimum absolute atomic E-state index is 0.0677. The van der Waals surface area contributed by atoms with E-state index in [1.54, 1.807) is 18.3 Å². The van der Waals surface area contributed by atoms with Crippen LogP contribution in [0.4, 0.5) is 5.82 Å². The molecular weight excluding hydrogens is 424 g/mol. The summed E-state index contributed by atoms with van der Waals surface area (Å²) in [7, 11) is 0. The summed E-state index contributed by atoms with van der Waals surface area (Å²) in [6.45, 7) is 2.47. The predicted molar refractivity (Wildman–Crippen MR) is 126 cm³/mol. The second kappa shape index (κ2) is 10.3. The van der Waals surface area contributed by atoms with Crippen molar-refractivity contribution in [1.82, 2.24) is 15.2 Å². The number of benzene rings is 2. The van der Waals surface area contributed by atoms with Crippen LogP contribution in [0, 0.1) is 0 Å². The Bertz CT molecular complexity index is 1040. The van der Waals surface area contributed by atoms with Crippen molar-refractivity contribution < 1.29 is 9.59 Å². The number of aromatic nitrogens is 1. The molecular formula is C25H25ClN4O2. The van der Waals surface area contributed by atoms with Gasteiger partial charge in [-0.05, 0) is 29.8 Å². The first-order valence-corrected chi connectivity index (χ1v) is 11.0. The monoisotopic (exact) mass is 448 g/mol. The zero-order valence-corrected chi connectivity index (χ0v) is 18.4. The van der Waals surface area contributed by atoms with Crippen molar-refractivity contribution in [2.75, 3.05) is 31.1 Å². The largest absolute Gasteiger partial charge is 0.353 e. The first-order valence-electron chi connectivity index (χ1n) is 10.7. The van der Waals surface area contributed by atoms with Crippen molar-refractivity contribution in [2.45, 2.75) is 12.5 Å². The molecule has 0 saturated carbocycles. The van der Waals surface area contributed by atoms with Gasteiger partial charge in [-0.25, -0.2) is 4.98 Å². The van der Waals surface area contributed by atoms with Gasteiger partial charge in [0.05, 0.1) is 5.02 Å². The van der Waals surface area contributed by atoms with E-state index in [2.05, 4.69) is 15.2 Å². The molecule has 1 saturated heterocycles. The summed E-state index contributed by atoms with van der Waals surface area (Å²) in [6.07, 6.45) is 2.07. The molecule has 0 spiro atoms. The highest BCUT2D eigenvalue weighted by atomic mass is 35.5. The van der Waals surface area contributed by atoms with Gasteiger partial charge in [0.25, 0.3) is 5.91 Å². The molecule has 4 rings (SSSR count). The van der Waals surface area contributed by atoms with Crippen LogP contribution < -0.4 is 10.2 Å². The summed E-state index contributed by atoms with van der Waals surface area (Å²) in [5.41, 5.74) is 1.54. The number of rotatable bonds is 6. The van der Waals surface area contributed by atoms with Crippen LogP contribution in [0.2, 0.25) is 5.02 Å². The summed E-state index contributed by atoms with van der Waals surface area (Å²) in [5, 5.41) is 3.55. The highest BCUT2D eigenvalue weighted by Gasteiger charge is 2.29. The fourth-order valence-electron chi connectivity index (χ4n) is 3.81. The van der Waals surface area contributed by atoms with E-state index < -0.39 is 6.04 Å². The van der Waals surface area contributed by atoms with Crippen LogP contribution in [0.1, 0.15) is 15.9 Å². The van der Waals surface area contributed by atoms with E-state index in [1.807, 2.05) is 65.6 Å². The van der Waals surface area contributed by atoms with E-state index in [9.17, 15) is 9.59 Å². The molecule has 6 nitrogen and oxygen atoms in total. The lowest BCUT2D eigenvalue weighted by molar-refractivity contribution is -0.133. The molecule has 3 aromatic rings. The number of piperazine rings is 1. The Balaban J connectivity index is 1.44. The van der Waals surface area contributed by atoms with Crippen molar-refractivity contribution in [3.63, 3.8) is 0 Å². The molecule has 0 radical (unpaired) electrons. The van der Waals surface area contributed by atoms with Crippen molar-refractivity contribution in [1.29, 1.82) is 0 Å². The maximum atomic E-state index is 13.4. The van der Waals surface area contributed by atoms with Crippen molar-refractivity contribution in [2.24, 2.45) is 0 Å². The molecule has 2 aromatic carbocycles. The lowest BCUT2D eigenvalue weighted by Crippen LogP contribution is -2.55. The third-order valence-electron chi connectivity index (χ3n) is 5.55. The zero-order valence-electron chi connectivity index (χ0n) is 17.7. The number of hydrogen-bond donors (Lipinski definition) is 1. The SMILES string of the molecule is O=C(NC(Cc1ccccc1)C(=O)N1CCN(c2ccc(Cl)cn2)CC1)c1ccccc1. The molecule has 1 aromatic heterocycles. The Morgan fingerprint density at radius 1 is 0.906 bits per heavy atom. The topological polar surface area (TPSA) is 65.5 Å². The Kier molecular flexibility index (Phi) is 7.02. The number of amides is 2. The third kappa shape index (κ3) is 5.45. The van der Waals surface area contributed by atoms with Gasteiger partial charge in [0.2, 0.25) is 5.91 Å². The maximum Gasteiger partial charge on any atom is 0.251 e. The van der Waals surface area contributed by atoms with E-state index in [0.29, 0.717) is 43.2 Å². The minimum atomic E-state index is -0.634. The molecule has 1 fully saturated rings. The second-order valence-corrected chi connectivity index (χ2v) is 8.17. The van der Waals surface area contributed by atoms with Gasteiger partial charge < -0.3 is 15.1 Å². The first kappa shape index (κ1) is 21.8. The number of nitrogens with one attached hydrogen (secondary N) is 1. The van der Waals surface area contributed by atoms with Crippen LogP contribution in [0.5, 0.6) is 0 Å². The van der Waals surface area contributed by atoms with E-state index in [4.69, 9.17) is 11.6 Å². The van der Waals surface area contributed by atoms with Crippen molar-refractivity contribution in [3.8, 4) is 0 Å². The maximum absolute atomic E-state index is 13.4. The van der Waals surface area contributed by atoms with Gasteiger partial charge >= 0.3 is 0 Å². The molecule has 1 aliphatic heterocycles. The Morgan fingerprint density at radius 2 is 1.56 bits per heavy atom. The summed E-state index contributed by atoms with van der Waals surface area (Å²) in [4.78, 5) is 34.5. The number of pyridine rings is 1.